The monoisotopic (exact) mass is 518 g/mol. The van der Waals surface area contributed by atoms with Crippen molar-refractivity contribution in [3.63, 3.8) is 0 Å². The van der Waals surface area contributed by atoms with Crippen LogP contribution in [-0.2, 0) is 33.9 Å². The van der Waals surface area contributed by atoms with Crippen molar-refractivity contribution in [1.29, 1.82) is 0 Å². The molecule has 10 heteroatoms. The van der Waals surface area contributed by atoms with Gasteiger partial charge in [0.05, 0.1) is 30.2 Å². The molecule has 0 fully saturated rings. The van der Waals surface area contributed by atoms with Gasteiger partial charge in [-0.05, 0) is 35.9 Å². The van der Waals surface area contributed by atoms with E-state index < -0.39 is 8.07 Å². The molecule has 194 valence electrons. The van der Waals surface area contributed by atoms with E-state index >= 15 is 0 Å². The third-order valence-corrected chi connectivity index (χ3v) is 7.65. The van der Waals surface area contributed by atoms with Crippen LogP contribution in [0.4, 0.5) is 5.95 Å². The number of nitrogens with one attached hydrogen (secondary N) is 2. The highest BCUT2D eigenvalue weighted by atomic mass is 28.3. The summed E-state index contributed by atoms with van der Waals surface area (Å²) in [5, 5.41) is 10.9. The zero-order valence-electron chi connectivity index (χ0n) is 21.8. The molecule has 2 aromatic carbocycles. The Morgan fingerprint density at radius 1 is 1.03 bits per heavy atom. The Kier molecular flexibility index (Phi) is 8.20. The summed E-state index contributed by atoms with van der Waals surface area (Å²) in [6, 6.07) is 16.6. The number of hydrogen-bond donors (Lipinski definition) is 2. The molecular formula is C27H34N6O3Si. The molecule has 0 radical (unpaired) electrons. The highest BCUT2D eigenvalue weighted by Crippen LogP contribution is 2.20. The second kappa shape index (κ2) is 11.5. The molecule has 0 saturated carbocycles. The normalized spacial score (nSPS) is 11.6. The lowest BCUT2D eigenvalue weighted by Crippen LogP contribution is -2.22. The number of aromatic nitrogens is 4. The Balaban J connectivity index is 1.44. The molecule has 0 unspecified atom stereocenters. The molecule has 37 heavy (non-hydrogen) atoms. The lowest BCUT2D eigenvalue weighted by molar-refractivity contribution is -0.120. The maximum atomic E-state index is 13.0. The standard InChI is InChI=1S/C27H34N6O3Si/c1-28-25(34)16-22-18-32(23-8-6-5-7-9-23)27(30-22)31-26(35)15-20-10-11-24-21(14-20)17-29-33(24)19-36-12-13-37(2,3)4/h5-11,14,17-18H,12-13,15-16,19H2,1-4H3,(H,28,34)(H,30,31,35). The van der Waals surface area contributed by atoms with Crippen LogP contribution < -0.4 is 10.6 Å². The Hall–Kier alpha value is -3.76. The Labute approximate surface area is 217 Å². The number of benzene rings is 2. The number of ether oxygens (including phenoxy) is 1. The number of hydrogen-bond acceptors (Lipinski definition) is 5. The van der Waals surface area contributed by atoms with Crippen LogP contribution in [0.3, 0.4) is 0 Å². The summed E-state index contributed by atoms with van der Waals surface area (Å²) in [5.74, 6) is 0.0288. The number of amides is 2. The summed E-state index contributed by atoms with van der Waals surface area (Å²) in [6.07, 6.45) is 3.88. The first-order valence-electron chi connectivity index (χ1n) is 12.4. The number of anilines is 1. The average molecular weight is 519 g/mol. The van der Waals surface area contributed by atoms with E-state index in [9.17, 15) is 9.59 Å². The number of rotatable bonds is 11. The highest BCUT2D eigenvalue weighted by molar-refractivity contribution is 6.76. The number of fused-ring (bicyclic) bond motifs is 1. The predicted molar refractivity (Wildman–Crippen MR) is 148 cm³/mol. The molecule has 2 amide bonds. The van der Waals surface area contributed by atoms with Crippen molar-refractivity contribution in [3.05, 3.63) is 72.2 Å². The fraction of sp³-hybridized carbons (Fsp3) is 0.333. The second-order valence-electron chi connectivity index (χ2n) is 10.2. The minimum absolute atomic E-state index is 0.127. The number of para-hydroxylation sites is 1. The van der Waals surface area contributed by atoms with E-state index in [1.54, 1.807) is 24.0 Å². The number of carbonyl (C=O) groups excluding carboxylic acids is 2. The summed E-state index contributed by atoms with van der Waals surface area (Å²) in [6.45, 7) is 8.13. The van der Waals surface area contributed by atoms with Crippen molar-refractivity contribution in [1.82, 2.24) is 24.6 Å². The van der Waals surface area contributed by atoms with Gasteiger partial charge in [0.2, 0.25) is 17.8 Å². The van der Waals surface area contributed by atoms with Crippen molar-refractivity contribution in [2.45, 2.75) is 45.3 Å². The van der Waals surface area contributed by atoms with E-state index in [0.717, 1.165) is 34.8 Å². The van der Waals surface area contributed by atoms with E-state index in [1.807, 2.05) is 53.2 Å². The molecule has 4 aromatic rings. The van der Waals surface area contributed by atoms with Gasteiger partial charge in [-0.2, -0.15) is 5.10 Å². The minimum atomic E-state index is -1.13. The van der Waals surface area contributed by atoms with Gasteiger partial charge < -0.3 is 10.1 Å². The van der Waals surface area contributed by atoms with Crippen LogP contribution in [0.2, 0.25) is 25.7 Å². The van der Waals surface area contributed by atoms with Gasteiger partial charge in [-0.1, -0.05) is 43.9 Å². The number of nitrogens with zero attached hydrogens (tertiary/aromatic N) is 4. The zero-order chi connectivity index (χ0) is 26.4. The lowest BCUT2D eigenvalue weighted by atomic mass is 10.1. The average Bonchev–Trinajstić information content (AvgIpc) is 3.45. The Morgan fingerprint density at radius 2 is 1.81 bits per heavy atom. The molecule has 2 aromatic heterocycles. The van der Waals surface area contributed by atoms with Crippen molar-refractivity contribution in [2.24, 2.45) is 0 Å². The van der Waals surface area contributed by atoms with Crippen molar-refractivity contribution in [2.75, 3.05) is 19.0 Å². The van der Waals surface area contributed by atoms with Gasteiger partial charge in [-0.3, -0.25) is 19.5 Å². The molecule has 0 aliphatic heterocycles. The number of likely N-dealkylation sites (N-methyl/N-ethyl adjacent to an activating group) is 1. The van der Waals surface area contributed by atoms with Gasteiger partial charge in [0.1, 0.15) is 6.73 Å². The van der Waals surface area contributed by atoms with Crippen LogP contribution in [0.25, 0.3) is 16.6 Å². The maximum absolute atomic E-state index is 13.0. The van der Waals surface area contributed by atoms with E-state index in [2.05, 4.69) is 40.4 Å². The first kappa shape index (κ1) is 26.3. The second-order valence-corrected chi connectivity index (χ2v) is 15.8. The molecule has 2 N–H and O–H groups in total. The molecular weight excluding hydrogens is 484 g/mol. The van der Waals surface area contributed by atoms with E-state index in [-0.39, 0.29) is 24.7 Å². The molecule has 0 aliphatic carbocycles. The smallest absolute Gasteiger partial charge is 0.231 e. The number of imidazole rings is 1. The molecule has 4 rings (SSSR count). The molecule has 0 aliphatic rings. The van der Waals surface area contributed by atoms with E-state index in [4.69, 9.17) is 4.74 Å². The van der Waals surface area contributed by atoms with Crippen molar-refractivity contribution in [3.8, 4) is 5.69 Å². The van der Waals surface area contributed by atoms with E-state index in [0.29, 0.717) is 18.4 Å². The summed E-state index contributed by atoms with van der Waals surface area (Å²) >= 11 is 0. The van der Waals surface area contributed by atoms with Crippen molar-refractivity contribution >= 4 is 36.7 Å². The van der Waals surface area contributed by atoms with Gasteiger partial charge in [-0.25, -0.2) is 9.67 Å². The van der Waals surface area contributed by atoms with Crippen LogP contribution in [0.5, 0.6) is 0 Å². The Morgan fingerprint density at radius 3 is 2.54 bits per heavy atom. The van der Waals surface area contributed by atoms with Crippen LogP contribution in [0.1, 0.15) is 11.3 Å². The largest absolute Gasteiger partial charge is 0.360 e. The lowest BCUT2D eigenvalue weighted by Gasteiger charge is -2.15. The fourth-order valence-electron chi connectivity index (χ4n) is 3.87. The highest BCUT2D eigenvalue weighted by Gasteiger charge is 2.16. The molecule has 0 atom stereocenters. The van der Waals surface area contributed by atoms with Gasteiger partial charge in [0, 0.05) is 39.0 Å². The van der Waals surface area contributed by atoms with Crippen LogP contribution >= 0.6 is 0 Å². The van der Waals surface area contributed by atoms with Gasteiger partial charge in [-0.15, -0.1) is 0 Å². The predicted octanol–water partition coefficient (Wildman–Crippen LogP) is 4.00. The summed E-state index contributed by atoms with van der Waals surface area (Å²) < 4.78 is 9.47. The first-order chi connectivity index (χ1) is 17.7. The number of carbonyl (C=O) groups is 2. The Bertz CT molecular complexity index is 1370. The van der Waals surface area contributed by atoms with Crippen molar-refractivity contribution < 1.29 is 14.3 Å². The SMILES string of the molecule is CNC(=O)Cc1cn(-c2ccccc2)c(NC(=O)Cc2ccc3c(cnn3COCC[Si](C)(C)C)c2)n1. The minimum Gasteiger partial charge on any atom is -0.360 e. The van der Waals surface area contributed by atoms with Gasteiger partial charge in [0.15, 0.2) is 0 Å². The molecule has 9 nitrogen and oxygen atoms in total. The molecule has 0 spiro atoms. The van der Waals surface area contributed by atoms with Crippen LogP contribution in [-0.4, -0.2) is 52.9 Å². The third kappa shape index (κ3) is 7.14. The zero-order valence-corrected chi connectivity index (χ0v) is 22.8. The summed E-state index contributed by atoms with van der Waals surface area (Å²) in [4.78, 5) is 29.3. The van der Waals surface area contributed by atoms with Gasteiger partial charge >= 0.3 is 0 Å². The van der Waals surface area contributed by atoms with Crippen LogP contribution in [0, 0.1) is 0 Å². The summed E-state index contributed by atoms with van der Waals surface area (Å²) in [5.41, 5.74) is 3.25. The molecule has 2 heterocycles. The maximum Gasteiger partial charge on any atom is 0.231 e. The summed E-state index contributed by atoms with van der Waals surface area (Å²) in [7, 11) is 0.453. The van der Waals surface area contributed by atoms with Crippen LogP contribution in [0.15, 0.2) is 60.9 Å². The first-order valence-corrected chi connectivity index (χ1v) is 16.1. The topological polar surface area (TPSA) is 103 Å². The van der Waals surface area contributed by atoms with E-state index in [1.165, 1.54) is 0 Å². The quantitative estimate of drug-likeness (QED) is 0.231. The molecule has 0 bridgehead atoms. The third-order valence-electron chi connectivity index (χ3n) is 5.94. The fourth-order valence-corrected chi connectivity index (χ4v) is 4.63. The molecule has 0 saturated heterocycles. The van der Waals surface area contributed by atoms with Gasteiger partial charge in [0.25, 0.3) is 0 Å².